The lowest BCUT2D eigenvalue weighted by molar-refractivity contribution is 0.0764. The summed E-state index contributed by atoms with van der Waals surface area (Å²) < 4.78 is 1.50. The second kappa shape index (κ2) is 6.48. The number of rotatable bonds is 2. The second-order valence-corrected chi connectivity index (χ2v) is 8.22. The van der Waals surface area contributed by atoms with Gasteiger partial charge in [0, 0.05) is 28.1 Å². The van der Waals surface area contributed by atoms with Gasteiger partial charge in [0.05, 0.1) is 22.1 Å². The maximum absolute atomic E-state index is 13.4. The average molecular weight is 426 g/mol. The highest BCUT2D eigenvalue weighted by atomic mass is 35.5. The molecule has 1 atom stereocenters. The number of pyridine rings is 1. The van der Waals surface area contributed by atoms with E-state index in [1.165, 1.54) is 4.57 Å². The van der Waals surface area contributed by atoms with Crippen molar-refractivity contribution < 1.29 is 5.11 Å². The standard InChI is InChI=1S/C25H16ClN3O2/c26-16-10-12-21-18(13-16)23(30)29-22-8-4-2-6-19(22)25(31,24(29)28-21)14-17-11-9-15-5-1-3-7-20(15)27-17/h1-13,31H,14H2. The molecule has 1 aliphatic heterocycles. The van der Waals surface area contributed by atoms with Crippen molar-refractivity contribution in [1.29, 1.82) is 0 Å². The minimum atomic E-state index is -1.49. The van der Waals surface area contributed by atoms with Crippen LogP contribution >= 0.6 is 11.6 Å². The molecule has 5 aromatic rings. The summed E-state index contributed by atoms with van der Waals surface area (Å²) in [6.45, 7) is 0. The van der Waals surface area contributed by atoms with Gasteiger partial charge in [0.15, 0.2) is 11.4 Å². The number of benzene rings is 3. The Kier molecular flexibility index (Phi) is 3.81. The van der Waals surface area contributed by atoms with Crippen LogP contribution in [0.5, 0.6) is 0 Å². The quantitative estimate of drug-likeness (QED) is 0.455. The van der Waals surface area contributed by atoms with E-state index in [4.69, 9.17) is 21.6 Å². The highest BCUT2D eigenvalue weighted by Crippen LogP contribution is 2.41. The van der Waals surface area contributed by atoms with Crippen LogP contribution in [0.25, 0.3) is 27.5 Å². The Morgan fingerprint density at radius 1 is 0.903 bits per heavy atom. The zero-order valence-corrected chi connectivity index (χ0v) is 17.0. The average Bonchev–Trinajstić information content (AvgIpc) is 3.03. The Hall–Kier alpha value is -3.54. The smallest absolute Gasteiger partial charge is 0.266 e. The van der Waals surface area contributed by atoms with Crippen LogP contribution in [0.4, 0.5) is 0 Å². The van der Waals surface area contributed by atoms with Crippen molar-refractivity contribution in [3.63, 3.8) is 0 Å². The van der Waals surface area contributed by atoms with Crippen LogP contribution in [0.3, 0.4) is 0 Å². The lowest BCUT2D eigenvalue weighted by atomic mass is 9.89. The first-order chi connectivity index (χ1) is 15.0. The molecule has 0 bridgehead atoms. The minimum absolute atomic E-state index is 0.195. The molecule has 6 heteroatoms. The molecule has 150 valence electrons. The van der Waals surface area contributed by atoms with Crippen molar-refractivity contribution in [2.24, 2.45) is 0 Å². The predicted octanol–water partition coefficient (Wildman–Crippen LogP) is 4.38. The van der Waals surface area contributed by atoms with Crippen molar-refractivity contribution in [3.05, 3.63) is 111 Å². The molecule has 0 saturated heterocycles. The monoisotopic (exact) mass is 425 g/mol. The first kappa shape index (κ1) is 18.2. The molecule has 0 amide bonds. The first-order valence-electron chi connectivity index (χ1n) is 9.94. The molecule has 1 aliphatic rings. The number of para-hydroxylation sites is 2. The van der Waals surface area contributed by atoms with Crippen LogP contribution in [0.2, 0.25) is 5.02 Å². The first-order valence-corrected chi connectivity index (χ1v) is 10.3. The van der Waals surface area contributed by atoms with E-state index < -0.39 is 5.60 Å². The molecule has 5 nitrogen and oxygen atoms in total. The van der Waals surface area contributed by atoms with Gasteiger partial charge < -0.3 is 5.11 Å². The number of halogens is 1. The van der Waals surface area contributed by atoms with E-state index in [0.29, 0.717) is 33.0 Å². The molecular formula is C25H16ClN3O2. The van der Waals surface area contributed by atoms with E-state index in [0.717, 1.165) is 16.6 Å². The third kappa shape index (κ3) is 2.64. The van der Waals surface area contributed by atoms with Gasteiger partial charge in [-0.05, 0) is 36.4 Å². The van der Waals surface area contributed by atoms with Crippen LogP contribution in [0.15, 0.2) is 83.7 Å². The van der Waals surface area contributed by atoms with E-state index >= 15 is 0 Å². The van der Waals surface area contributed by atoms with Crippen LogP contribution in [0.1, 0.15) is 17.1 Å². The van der Waals surface area contributed by atoms with Crippen molar-refractivity contribution in [1.82, 2.24) is 14.5 Å². The molecule has 0 saturated carbocycles. The summed E-state index contributed by atoms with van der Waals surface area (Å²) in [5.41, 5.74) is 1.59. The number of hydrogen-bond acceptors (Lipinski definition) is 4. The Morgan fingerprint density at radius 2 is 1.71 bits per heavy atom. The Labute approximate surface area is 182 Å². The molecule has 1 unspecified atom stereocenters. The zero-order valence-electron chi connectivity index (χ0n) is 16.3. The van der Waals surface area contributed by atoms with Crippen LogP contribution in [-0.2, 0) is 12.0 Å². The summed E-state index contributed by atoms with van der Waals surface area (Å²) in [6.07, 6.45) is 0.195. The van der Waals surface area contributed by atoms with Gasteiger partial charge in [-0.15, -0.1) is 0 Å². The molecule has 31 heavy (non-hydrogen) atoms. The summed E-state index contributed by atoms with van der Waals surface area (Å²) in [4.78, 5) is 22.8. The van der Waals surface area contributed by atoms with Gasteiger partial charge in [-0.3, -0.25) is 14.3 Å². The van der Waals surface area contributed by atoms with Crippen LogP contribution in [-0.4, -0.2) is 19.6 Å². The topological polar surface area (TPSA) is 68.0 Å². The Bertz CT molecular complexity index is 1580. The number of hydrogen-bond donors (Lipinski definition) is 1. The molecule has 0 spiro atoms. The fourth-order valence-electron chi connectivity index (χ4n) is 4.44. The SMILES string of the molecule is O=c1c2cc(Cl)ccc2nc2n1-c1ccccc1C2(O)Cc1ccc2ccccc2n1. The molecule has 0 fully saturated rings. The van der Waals surface area contributed by atoms with Gasteiger partial charge in [-0.25, -0.2) is 4.98 Å². The molecule has 6 rings (SSSR count). The van der Waals surface area contributed by atoms with Gasteiger partial charge in [0.25, 0.3) is 5.56 Å². The fraction of sp³-hybridized carbons (Fsp3) is 0.0800. The maximum Gasteiger partial charge on any atom is 0.266 e. The third-order valence-electron chi connectivity index (χ3n) is 5.88. The van der Waals surface area contributed by atoms with Crippen molar-refractivity contribution in [2.75, 3.05) is 0 Å². The van der Waals surface area contributed by atoms with Crippen molar-refractivity contribution in [3.8, 4) is 5.69 Å². The van der Waals surface area contributed by atoms with Gasteiger partial charge >= 0.3 is 0 Å². The Balaban J connectivity index is 1.61. The van der Waals surface area contributed by atoms with E-state index in [9.17, 15) is 9.90 Å². The highest BCUT2D eigenvalue weighted by molar-refractivity contribution is 6.31. The molecule has 0 aliphatic carbocycles. The maximum atomic E-state index is 13.4. The van der Waals surface area contributed by atoms with Gasteiger partial charge in [0.2, 0.25) is 0 Å². The van der Waals surface area contributed by atoms with E-state index in [2.05, 4.69) is 0 Å². The minimum Gasteiger partial charge on any atom is -0.377 e. The summed E-state index contributed by atoms with van der Waals surface area (Å²) in [5, 5.41) is 13.9. The molecular weight excluding hydrogens is 410 g/mol. The number of fused-ring (bicyclic) bond motifs is 5. The van der Waals surface area contributed by atoms with E-state index in [-0.39, 0.29) is 12.0 Å². The largest absolute Gasteiger partial charge is 0.377 e. The predicted molar refractivity (Wildman–Crippen MR) is 121 cm³/mol. The van der Waals surface area contributed by atoms with E-state index in [1.54, 1.807) is 18.2 Å². The van der Waals surface area contributed by atoms with Crippen molar-refractivity contribution in [2.45, 2.75) is 12.0 Å². The zero-order chi connectivity index (χ0) is 21.2. The molecule has 0 radical (unpaired) electrons. The normalized spacial score (nSPS) is 17.1. The molecule has 3 heterocycles. The van der Waals surface area contributed by atoms with Gasteiger partial charge in [0.1, 0.15) is 0 Å². The lowest BCUT2D eigenvalue weighted by Crippen LogP contribution is -2.32. The molecule has 1 N–H and O–H groups in total. The third-order valence-corrected chi connectivity index (χ3v) is 6.12. The van der Waals surface area contributed by atoms with Crippen molar-refractivity contribution >= 4 is 33.4 Å². The number of nitrogens with zero attached hydrogens (tertiary/aromatic N) is 3. The lowest BCUT2D eigenvalue weighted by Gasteiger charge is -2.23. The molecule has 2 aromatic heterocycles. The Morgan fingerprint density at radius 3 is 2.61 bits per heavy atom. The summed E-state index contributed by atoms with van der Waals surface area (Å²) in [7, 11) is 0. The van der Waals surface area contributed by atoms with Gasteiger partial charge in [-0.2, -0.15) is 0 Å². The summed E-state index contributed by atoms with van der Waals surface area (Å²) in [6, 6.07) is 24.1. The fourth-order valence-corrected chi connectivity index (χ4v) is 4.61. The summed E-state index contributed by atoms with van der Waals surface area (Å²) in [5.74, 6) is 0.295. The van der Waals surface area contributed by atoms with Crippen LogP contribution < -0.4 is 5.56 Å². The van der Waals surface area contributed by atoms with Gasteiger partial charge in [-0.1, -0.05) is 54.1 Å². The number of aliphatic hydroxyl groups is 1. The van der Waals surface area contributed by atoms with E-state index in [1.807, 2.05) is 60.7 Å². The highest BCUT2D eigenvalue weighted by Gasteiger charge is 2.45. The van der Waals surface area contributed by atoms with Crippen LogP contribution in [0, 0.1) is 0 Å². The summed E-state index contributed by atoms with van der Waals surface area (Å²) >= 11 is 6.12. The molecule has 3 aromatic carbocycles. The number of aromatic nitrogens is 3. The second-order valence-electron chi connectivity index (χ2n) is 7.79.